The van der Waals surface area contributed by atoms with Crippen molar-refractivity contribution in [1.29, 1.82) is 0 Å². The summed E-state index contributed by atoms with van der Waals surface area (Å²) in [5, 5.41) is 0. The van der Waals surface area contributed by atoms with Crippen LogP contribution < -0.4 is 0 Å². The zero-order chi connectivity index (χ0) is 14.1. The molecule has 1 heterocycles. The van der Waals surface area contributed by atoms with Crippen LogP contribution >= 0.6 is 0 Å². The predicted octanol–water partition coefficient (Wildman–Crippen LogP) is 0.463. The molecule has 18 heavy (non-hydrogen) atoms. The Hall–Kier alpha value is -2.24. The molecule has 0 aliphatic carbocycles. The van der Waals surface area contributed by atoms with Gasteiger partial charge in [-0.3, -0.25) is 19.2 Å². The predicted molar refractivity (Wildman–Crippen MR) is 59.2 cm³/mol. The van der Waals surface area contributed by atoms with E-state index in [4.69, 9.17) is 0 Å². The fraction of sp³-hybridized carbons (Fsp3) is 0.333. The maximum Gasteiger partial charge on any atom is 0.386 e. The van der Waals surface area contributed by atoms with Crippen LogP contribution in [0.1, 0.15) is 20.3 Å². The number of carbonyl (C=O) groups excluding carboxylic acids is 4. The van der Waals surface area contributed by atoms with Crippen molar-refractivity contribution in [2.45, 2.75) is 26.1 Å². The van der Waals surface area contributed by atoms with Crippen LogP contribution in [0.4, 0.5) is 0 Å². The van der Waals surface area contributed by atoms with Gasteiger partial charge in [0.1, 0.15) is 6.42 Å². The van der Waals surface area contributed by atoms with E-state index in [0.29, 0.717) is 0 Å². The molecule has 1 saturated heterocycles. The van der Waals surface area contributed by atoms with Crippen molar-refractivity contribution in [3.05, 3.63) is 24.3 Å². The minimum Gasteiger partial charge on any atom is -0.408 e. The van der Waals surface area contributed by atoms with Crippen LogP contribution in [0.25, 0.3) is 0 Å². The van der Waals surface area contributed by atoms with E-state index in [1.807, 2.05) is 0 Å². The van der Waals surface area contributed by atoms with Crippen LogP contribution in [-0.4, -0.2) is 29.3 Å². The highest BCUT2D eigenvalue weighted by molar-refractivity contribution is 6.23. The summed E-state index contributed by atoms with van der Waals surface area (Å²) in [5.74, 6) is -6.55. The lowest BCUT2D eigenvalue weighted by molar-refractivity contribution is -0.231. The van der Waals surface area contributed by atoms with E-state index in [1.165, 1.54) is 13.8 Å². The third-order valence-corrected chi connectivity index (χ3v) is 2.18. The molecule has 96 valence electrons. The van der Waals surface area contributed by atoms with Gasteiger partial charge in [-0.15, -0.1) is 0 Å². The second-order valence-corrected chi connectivity index (χ2v) is 3.96. The molecule has 0 spiro atoms. The van der Waals surface area contributed by atoms with Gasteiger partial charge in [-0.2, -0.15) is 0 Å². The van der Waals surface area contributed by atoms with E-state index in [-0.39, 0.29) is 11.1 Å². The molecule has 0 aromatic heterocycles. The number of hydrogen-bond donors (Lipinski definition) is 0. The van der Waals surface area contributed by atoms with Crippen LogP contribution in [0.5, 0.6) is 0 Å². The monoisotopic (exact) mass is 252 g/mol. The van der Waals surface area contributed by atoms with Gasteiger partial charge in [0, 0.05) is 0 Å². The van der Waals surface area contributed by atoms with Gasteiger partial charge < -0.3 is 9.47 Å². The molecule has 0 saturated carbocycles. The average molecular weight is 252 g/mol. The van der Waals surface area contributed by atoms with Crippen molar-refractivity contribution in [3.63, 3.8) is 0 Å². The van der Waals surface area contributed by atoms with Gasteiger partial charge in [0.15, 0.2) is 0 Å². The van der Waals surface area contributed by atoms with Gasteiger partial charge in [-0.25, -0.2) is 0 Å². The summed E-state index contributed by atoms with van der Waals surface area (Å²) in [4.78, 5) is 46.4. The Labute approximate surface area is 103 Å². The minimum atomic E-state index is -2.59. The maximum absolute atomic E-state index is 11.9. The van der Waals surface area contributed by atoms with Crippen LogP contribution in [0, 0.1) is 0 Å². The molecule has 1 aliphatic heterocycles. The number of ketones is 2. The zero-order valence-electron chi connectivity index (χ0n) is 10.1. The number of Topliss-reactive ketones (excluding diaryl/α,β-unsaturated/α-hetero) is 2. The molecule has 6 nitrogen and oxygen atoms in total. The molecule has 0 N–H and O–H groups in total. The lowest BCUT2D eigenvalue weighted by Gasteiger charge is -2.32. The Morgan fingerprint density at radius 3 is 1.61 bits per heavy atom. The Morgan fingerprint density at radius 2 is 1.33 bits per heavy atom. The van der Waals surface area contributed by atoms with E-state index in [1.54, 1.807) is 0 Å². The molecule has 1 rings (SSSR count). The maximum atomic E-state index is 11.9. The fourth-order valence-corrected chi connectivity index (χ4v) is 1.38. The first-order valence-corrected chi connectivity index (χ1v) is 5.05. The van der Waals surface area contributed by atoms with Gasteiger partial charge in [0.2, 0.25) is 0 Å². The van der Waals surface area contributed by atoms with Crippen molar-refractivity contribution < 1.29 is 28.7 Å². The molecule has 1 fully saturated rings. The normalized spacial score (nSPS) is 17.4. The quantitative estimate of drug-likeness (QED) is 0.410. The second-order valence-electron chi connectivity index (χ2n) is 3.96. The van der Waals surface area contributed by atoms with Gasteiger partial charge in [0.05, 0.1) is 0 Å². The van der Waals surface area contributed by atoms with Crippen molar-refractivity contribution >= 4 is 23.5 Å². The number of esters is 2. The molecule has 0 amide bonds. The highest BCUT2D eigenvalue weighted by Crippen LogP contribution is 2.27. The lowest BCUT2D eigenvalue weighted by Crippen LogP contribution is -2.57. The molecule has 0 radical (unpaired) electrons. The van der Waals surface area contributed by atoms with Crippen LogP contribution in [-0.2, 0) is 28.7 Å². The molecule has 0 unspecified atom stereocenters. The molecule has 6 heteroatoms. The van der Waals surface area contributed by atoms with Crippen molar-refractivity contribution in [3.8, 4) is 0 Å². The third kappa shape index (κ3) is 2.22. The van der Waals surface area contributed by atoms with E-state index in [0.717, 1.165) is 0 Å². The molecule has 1 aliphatic rings. The van der Waals surface area contributed by atoms with E-state index in [9.17, 15) is 19.2 Å². The molecule has 0 aromatic rings. The number of carbonyl (C=O) groups is 4. The summed E-state index contributed by atoms with van der Waals surface area (Å²) in [6.45, 7) is 9.33. The second kappa shape index (κ2) is 4.56. The highest BCUT2D eigenvalue weighted by Gasteiger charge is 2.56. The summed E-state index contributed by atoms with van der Waals surface area (Å²) < 4.78 is 9.38. The third-order valence-electron chi connectivity index (χ3n) is 2.18. The standard InChI is InChI=1S/C12H12O6/c1-6(2)10(15)12(11(16)7(3)4)17-8(13)5-9(14)18-12/h1,3,5H2,2,4H3. The first-order chi connectivity index (χ1) is 8.20. The zero-order valence-corrected chi connectivity index (χ0v) is 10.1. The van der Waals surface area contributed by atoms with Crippen LogP contribution in [0.15, 0.2) is 24.3 Å². The summed E-state index contributed by atoms with van der Waals surface area (Å²) in [5.41, 5.74) is -0.154. The number of cyclic esters (lactones) is 2. The van der Waals surface area contributed by atoms with Crippen LogP contribution in [0.3, 0.4) is 0 Å². The first-order valence-electron chi connectivity index (χ1n) is 5.05. The van der Waals surface area contributed by atoms with E-state index in [2.05, 4.69) is 22.6 Å². The molecular weight excluding hydrogens is 240 g/mol. The molecular formula is C12H12O6. The molecule has 0 atom stereocenters. The summed E-state index contributed by atoms with van der Waals surface area (Å²) in [7, 11) is 0. The topological polar surface area (TPSA) is 86.7 Å². The first kappa shape index (κ1) is 13.8. The summed E-state index contributed by atoms with van der Waals surface area (Å²) >= 11 is 0. The van der Waals surface area contributed by atoms with E-state index >= 15 is 0 Å². The Bertz CT molecular complexity index is 441. The summed E-state index contributed by atoms with van der Waals surface area (Å²) in [6.07, 6.45) is -0.644. The fourth-order valence-electron chi connectivity index (χ4n) is 1.38. The lowest BCUT2D eigenvalue weighted by atomic mass is 9.96. The Kier molecular flexibility index (Phi) is 3.50. The number of ether oxygens (including phenoxy) is 2. The van der Waals surface area contributed by atoms with Crippen molar-refractivity contribution in [1.82, 2.24) is 0 Å². The van der Waals surface area contributed by atoms with Gasteiger partial charge >= 0.3 is 17.7 Å². The Morgan fingerprint density at radius 1 is 1.00 bits per heavy atom. The van der Waals surface area contributed by atoms with Gasteiger partial charge in [-0.05, 0) is 25.0 Å². The Balaban J connectivity index is 3.33. The van der Waals surface area contributed by atoms with Crippen molar-refractivity contribution in [2.75, 3.05) is 0 Å². The van der Waals surface area contributed by atoms with E-state index < -0.39 is 35.7 Å². The molecule has 0 bridgehead atoms. The SMILES string of the molecule is C=C(C)C(=O)C1(C(=O)C(=C)C)OC(=O)CC(=O)O1. The largest absolute Gasteiger partial charge is 0.408 e. The minimum absolute atomic E-state index is 0.0768. The van der Waals surface area contributed by atoms with Crippen LogP contribution in [0.2, 0.25) is 0 Å². The summed E-state index contributed by atoms with van der Waals surface area (Å²) in [6, 6.07) is 0. The van der Waals surface area contributed by atoms with Gasteiger partial charge in [0.25, 0.3) is 11.6 Å². The average Bonchev–Trinajstić information content (AvgIpc) is 2.25. The van der Waals surface area contributed by atoms with Gasteiger partial charge in [-0.1, -0.05) is 13.2 Å². The highest BCUT2D eigenvalue weighted by atomic mass is 16.8. The number of hydrogen-bond acceptors (Lipinski definition) is 6. The molecule has 0 aromatic carbocycles. The number of rotatable bonds is 4. The smallest absolute Gasteiger partial charge is 0.386 e. The van der Waals surface area contributed by atoms with Crippen molar-refractivity contribution in [2.24, 2.45) is 0 Å².